The van der Waals surface area contributed by atoms with Gasteiger partial charge in [-0.1, -0.05) is 12.8 Å². The Morgan fingerprint density at radius 2 is 2.17 bits per heavy atom. The number of nitrogens with zero attached hydrogens (tertiary/aromatic N) is 1. The van der Waals surface area contributed by atoms with Crippen molar-refractivity contribution in [3.05, 3.63) is 16.1 Å². The van der Waals surface area contributed by atoms with Gasteiger partial charge < -0.3 is 16.2 Å². The quantitative estimate of drug-likeness (QED) is 0.754. The summed E-state index contributed by atoms with van der Waals surface area (Å²) in [4.78, 5) is 26.6. The molecule has 0 aromatic carbocycles. The zero-order valence-corrected chi connectivity index (χ0v) is 10.6. The molecule has 2 rings (SSSR count). The number of carboxylic acids is 1. The van der Waals surface area contributed by atoms with Crippen molar-refractivity contribution >= 4 is 23.2 Å². The van der Waals surface area contributed by atoms with Crippen LogP contribution in [0.15, 0.2) is 6.20 Å². The fourth-order valence-corrected chi connectivity index (χ4v) is 2.71. The van der Waals surface area contributed by atoms with Gasteiger partial charge in [0, 0.05) is 12.1 Å². The highest BCUT2D eigenvalue weighted by atomic mass is 32.1. The number of hydrogen-bond donors (Lipinski definition) is 3. The number of rotatable bonds is 3. The van der Waals surface area contributed by atoms with Crippen LogP contribution in [0.1, 0.15) is 45.2 Å². The van der Waals surface area contributed by atoms with Crippen LogP contribution in [-0.2, 0) is 0 Å². The minimum absolute atomic E-state index is 0.0189. The number of carbonyl (C=O) groups excluding carboxylic acids is 1. The molecule has 1 aliphatic carbocycles. The first-order valence-corrected chi connectivity index (χ1v) is 6.65. The van der Waals surface area contributed by atoms with Crippen molar-refractivity contribution in [1.82, 2.24) is 10.3 Å². The number of carboxylic acid groups (broad SMARTS) is 1. The zero-order chi connectivity index (χ0) is 13.1. The van der Waals surface area contributed by atoms with Crippen LogP contribution in [0, 0.1) is 0 Å². The summed E-state index contributed by atoms with van der Waals surface area (Å²) in [5, 5.41) is 11.5. The van der Waals surface area contributed by atoms with Crippen LogP contribution in [0.2, 0.25) is 0 Å². The molecular weight excluding hydrogens is 254 g/mol. The van der Waals surface area contributed by atoms with E-state index in [1.165, 1.54) is 6.20 Å². The molecule has 0 saturated heterocycles. The number of nitrogens with one attached hydrogen (secondary N) is 1. The first kappa shape index (κ1) is 13.0. The second kappa shape index (κ2) is 5.45. The largest absolute Gasteiger partial charge is 0.476 e. The molecule has 0 aliphatic heterocycles. The number of aromatic nitrogens is 1. The first-order chi connectivity index (χ1) is 8.58. The molecule has 0 spiro atoms. The molecule has 0 bridgehead atoms. The summed E-state index contributed by atoms with van der Waals surface area (Å²) >= 11 is 0.875. The molecule has 18 heavy (non-hydrogen) atoms. The van der Waals surface area contributed by atoms with Crippen LogP contribution in [0.4, 0.5) is 0 Å². The fraction of sp³-hybridized carbons (Fsp3) is 0.545. The van der Waals surface area contributed by atoms with Crippen LogP contribution in [-0.4, -0.2) is 34.1 Å². The monoisotopic (exact) mass is 269 g/mol. The van der Waals surface area contributed by atoms with Crippen molar-refractivity contribution in [2.75, 3.05) is 0 Å². The first-order valence-electron chi connectivity index (χ1n) is 5.83. The maximum absolute atomic E-state index is 11.9. The summed E-state index contributed by atoms with van der Waals surface area (Å²) in [6.45, 7) is 0. The van der Waals surface area contributed by atoms with Crippen molar-refractivity contribution in [3.63, 3.8) is 0 Å². The van der Waals surface area contributed by atoms with E-state index >= 15 is 0 Å². The second-order valence-corrected chi connectivity index (χ2v) is 5.39. The smallest absolute Gasteiger partial charge is 0.365 e. The average Bonchev–Trinajstić information content (AvgIpc) is 2.81. The highest BCUT2D eigenvalue weighted by molar-refractivity contribution is 7.15. The summed E-state index contributed by atoms with van der Waals surface area (Å²) in [5.41, 5.74) is 5.94. The SMILES string of the molecule is NC1CCCCC1NC(=O)c1cnc(C(=O)O)s1. The molecule has 1 aliphatic rings. The van der Waals surface area contributed by atoms with Gasteiger partial charge in [-0.3, -0.25) is 4.79 Å². The van der Waals surface area contributed by atoms with Gasteiger partial charge in [-0.15, -0.1) is 11.3 Å². The maximum atomic E-state index is 11.9. The molecule has 98 valence electrons. The number of carbonyl (C=O) groups is 2. The Labute approximate surface area is 108 Å². The van der Waals surface area contributed by atoms with Crippen LogP contribution in [0.3, 0.4) is 0 Å². The Hall–Kier alpha value is -1.47. The standard InChI is InChI=1S/C11H15N3O3S/c12-6-3-1-2-4-7(6)14-9(15)8-5-13-10(18-8)11(16)17/h5-7H,1-4,12H2,(H,14,15)(H,16,17). The predicted octanol–water partition coefficient (Wildman–Crippen LogP) is 0.841. The summed E-state index contributed by atoms with van der Waals surface area (Å²) in [6.07, 6.45) is 5.22. The Bertz CT molecular complexity index is 460. The lowest BCUT2D eigenvalue weighted by molar-refractivity contribution is 0.0696. The Balaban J connectivity index is 2.00. The van der Waals surface area contributed by atoms with Gasteiger partial charge in [0.1, 0.15) is 4.88 Å². The van der Waals surface area contributed by atoms with Crippen LogP contribution >= 0.6 is 11.3 Å². The molecule has 4 N–H and O–H groups in total. The molecule has 7 heteroatoms. The van der Waals surface area contributed by atoms with Crippen molar-refractivity contribution in [2.24, 2.45) is 5.73 Å². The topological polar surface area (TPSA) is 105 Å². The lowest BCUT2D eigenvalue weighted by Gasteiger charge is -2.28. The third-order valence-corrected chi connectivity index (χ3v) is 4.03. The molecule has 0 radical (unpaired) electrons. The molecule has 2 unspecified atom stereocenters. The van der Waals surface area contributed by atoms with E-state index in [1.54, 1.807) is 0 Å². The van der Waals surface area contributed by atoms with Gasteiger partial charge in [-0.2, -0.15) is 0 Å². The Kier molecular flexibility index (Phi) is 3.93. The minimum Gasteiger partial charge on any atom is -0.476 e. The maximum Gasteiger partial charge on any atom is 0.365 e. The number of nitrogens with two attached hydrogens (primary N) is 1. The summed E-state index contributed by atoms with van der Waals surface area (Å²) in [6, 6.07) is -0.0452. The Morgan fingerprint density at radius 3 is 2.78 bits per heavy atom. The third kappa shape index (κ3) is 2.85. The highest BCUT2D eigenvalue weighted by Gasteiger charge is 2.24. The van der Waals surface area contributed by atoms with Crippen molar-refractivity contribution in [1.29, 1.82) is 0 Å². The molecule has 6 nitrogen and oxygen atoms in total. The Morgan fingerprint density at radius 1 is 1.44 bits per heavy atom. The van der Waals surface area contributed by atoms with E-state index in [1.807, 2.05) is 0 Å². The van der Waals surface area contributed by atoms with Gasteiger partial charge in [0.15, 0.2) is 0 Å². The average molecular weight is 269 g/mol. The molecule has 1 heterocycles. The fourth-order valence-electron chi connectivity index (χ4n) is 2.06. The molecular formula is C11H15N3O3S. The van der Waals surface area contributed by atoms with E-state index < -0.39 is 5.97 Å². The summed E-state index contributed by atoms with van der Waals surface area (Å²) in [7, 11) is 0. The molecule has 1 amide bonds. The van der Waals surface area contributed by atoms with Crippen LogP contribution < -0.4 is 11.1 Å². The molecule has 1 aromatic rings. The van der Waals surface area contributed by atoms with E-state index in [-0.39, 0.29) is 23.0 Å². The van der Waals surface area contributed by atoms with E-state index in [0.717, 1.165) is 37.0 Å². The second-order valence-electron chi connectivity index (χ2n) is 4.36. The summed E-state index contributed by atoms with van der Waals surface area (Å²) in [5.74, 6) is -1.41. The van der Waals surface area contributed by atoms with Gasteiger partial charge in [0.2, 0.25) is 5.01 Å². The molecule has 2 atom stereocenters. The summed E-state index contributed by atoms with van der Waals surface area (Å²) < 4.78 is 0. The van der Waals surface area contributed by atoms with E-state index in [2.05, 4.69) is 10.3 Å². The van der Waals surface area contributed by atoms with Gasteiger partial charge in [-0.05, 0) is 12.8 Å². The van der Waals surface area contributed by atoms with E-state index in [9.17, 15) is 9.59 Å². The van der Waals surface area contributed by atoms with Gasteiger partial charge in [0.25, 0.3) is 5.91 Å². The molecule has 1 fully saturated rings. The van der Waals surface area contributed by atoms with Crippen LogP contribution in [0.5, 0.6) is 0 Å². The molecule has 1 saturated carbocycles. The van der Waals surface area contributed by atoms with Gasteiger partial charge >= 0.3 is 5.97 Å². The number of aromatic carboxylic acids is 1. The van der Waals surface area contributed by atoms with E-state index in [0.29, 0.717) is 4.88 Å². The van der Waals surface area contributed by atoms with E-state index in [4.69, 9.17) is 10.8 Å². The van der Waals surface area contributed by atoms with Crippen molar-refractivity contribution in [3.8, 4) is 0 Å². The number of hydrogen-bond acceptors (Lipinski definition) is 5. The lowest BCUT2D eigenvalue weighted by Crippen LogP contribution is -2.49. The number of amides is 1. The highest BCUT2D eigenvalue weighted by Crippen LogP contribution is 2.18. The third-order valence-electron chi connectivity index (χ3n) is 3.05. The lowest BCUT2D eigenvalue weighted by atomic mass is 9.91. The van der Waals surface area contributed by atoms with Gasteiger partial charge in [0.05, 0.1) is 6.20 Å². The number of thiazole rings is 1. The van der Waals surface area contributed by atoms with Gasteiger partial charge in [-0.25, -0.2) is 9.78 Å². The van der Waals surface area contributed by atoms with Crippen molar-refractivity contribution < 1.29 is 14.7 Å². The zero-order valence-electron chi connectivity index (χ0n) is 9.76. The molecule has 1 aromatic heterocycles. The normalized spacial score (nSPS) is 23.6. The minimum atomic E-state index is -1.12. The predicted molar refractivity (Wildman–Crippen MR) is 66.8 cm³/mol. The van der Waals surface area contributed by atoms with Crippen molar-refractivity contribution in [2.45, 2.75) is 37.8 Å². The van der Waals surface area contributed by atoms with Crippen LogP contribution in [0.25, 0.3) is 0 Å².